The molecule has 0 spiro atoms. The van der Waals surface area contributed by atoms with E-state index >= 15 is 0 Å². The summed E-state index contributed by atoms with van der Waals surface area (Å²) in [5, 5.41) is 0. The lowest BCUT2D eigenvalue weighted by molar-refractivity contribution is -0.136. The number of likely N-dealkylation sites (tertiary alicyclic amines) is 1. The van der Waals surface area contributed by atoms with E-state index in [1.807, 2.05) is 0 Å². The quantitative estimate of drug-likeness (QED) is 0.639. The van der Waals surface area contributed by atoms with Gasteiger partial charge in [0.2, 0.25) is 5.91 Å². The highest BCUT2D eigenvalue weighted by molar-refractivity contribution is 5.81. The standard InChI is InChI=1S/C11H19NO/c1-2-10-5-3-4-8-12(10)11(13)9-6-7-9/h9-10H,2-8H2,1H3. The van der Waals surface area contributed by atoms with E-state index in [2.05, 4.69) is 11.8 Å². The van der Waals surface area contributed by atoms with Crippen LogP contribution in [0.3, 0.4) is 0 Å². The largest absolute Gasteiger partial charge is 0.339 e. The molecule has 0 aromatic rings. The molecule has 1 saturated heterocycles. The van der Waals surface area contributed by atoms with Gasteiger partial charge in [-0.25, -0.2) is 0 Å². The van der Waals surface area contributed by atoms with Gasteiger partial charge in [-0.1, -0.05) is 6.92 Å². The molecular weight excluding hydrogens is 162 g/mol. The molecule has 2 nitrogen and oxygen atoms in total. The van der Waals surface area contributed by atoms with Crippen molar-refractivity contribution in [1.82, 2.24) is 4.90 Å². The third-order valence-electron chi connectivity index (χ3n) is 3.31. The first-order chi connectivity index (χ1) is 6.33. The van der Waals surface area contributed by atoms with Crippen LogP contribution in [0.15, 0.2) is 0 Å². The SMILES string of the molecule is CCC1CCCCN1C(=O)C1CC1. The minimum absolute atomic E-state index is 0.409. The maximum atomic E-state index is 11.9. The highest BCUT2D eigenvalue weighted by Gasteiger charge is 2.36. The van der Waals surface area contributed by atoms with E-state index in [-0.39, 0.29) is 0 Å². The van der Waals surface area contributed by atoms with Crippen molar-refractivity contribution in [3.05, 3.63) is 0 Å². The van der Waals surface area contributed by atoms with Gasteiger partial charge in [0.25, 0.3) is 0 Å². The molecule has 2 rings (SSSR count). The van der Waals surface area contributed by atoms with E-state index in [0.29, 0.717) is 17.9 Å². The summed E-state index contributed by atoms with van der Waals surface area (Å²) in [7, 11) is 0. The number of carbonyl (C=O) groups is 1. The van der Waals surface area contributed by atoms with Crippen LogP contribution in [0.2, 0.25) is 0 Å². The lowest BCUT2D eigenvalue weighted by Crippen LogP contribution is -2.44. The normalized spacial score (nSPS) is 29.0. The molecule has 0 N–H and O–H groups in total. The molecule has 0 aromatic heterocycles. The van der Waals surface area contributed by atoms with Crippen LogP contribution < -0.4 is 0 Å². The van der Waals surface area contributed by atoms with Gasteiger partial charge in [-0.15, -0.1) is 0 Å². The topological polar surface area (TPSA) is 20.3 Å². The Hall–Kier alpha value is -0.530. The highest BCUT2D eigenvalue weighted by atomic mass is 16.2. The molecule has 74 valence electrons. The van der Waals surface area contributed by atoms with Crippen molar-refractivity contribution < 1.29 is 4.79 Å². The zero-order valence-electron chi connectivity index (χ0n) is 8.46. The number of hydrogen-bond acceptors (Lipinski definition) is 1. The predicted molar refractivity (Wildman–Crippen MR) is 52.4 cm³/mol. The van der Waals surface area contributed by atoms with Gasteiger partial charge in [0.05, 0.1) is 0 Å². The maximum absolute atomic E-state index is 11.9. The van der Waals surface area contributed by atoms with Gasteiger partial charge in [0, 0.05) is 18.5 Å². The van der Waals surface area contributed by atoms with Crippen molar-refractivity contribution in [2.45, 2.75) is 51.5 Å². The number of rotatable bonds is 2. The molecule has 1 aliphatic heterocycles. The summed E-state index contributed by atoms with van der Waals surface area (Å²) in [5.74, 6) is 0.860. The van der Waals surface area contributed by atoms with Crippen LogP contribution in [0, 0.1) is 5.92 Å². The van der Waals surface area contributed by atoms with Gasteiger partial charge in [0.15, 0.2) is 0 Å². The number of nitrogens with zero attached hydrogens (tertiary/aromatic N) is 1. The molecule has 2 fully saturated rings. The fourth-order valence-corrected chi connectivity index (χ4v) is 2.28. The van der Waals surface area contributed by atoms with Crippen molar-refractivity contribution >= 4 is 5.91 Å². The molecule has 2 heteroatoms. The summed E-state index contributed by atoms with van der Waals surface area (Å²) >= 11 is 0. The van der Waals surface area contributed by atoms with Crippen molar-refractivity contribution in [2.75, 3.05) is 6.54 Å². The van der Waals surface area contributed by atoms with E-state index in [9.17, 15) is 4.79 Å². The van der Waals surface area contributed by atoms with Crippen molar-refractivity contribution in [1.29, 1.82) is 0 Å². The summed E-state index contributed by atoms with van der Waals surface area (Å²) in [5.41, 5.74) is 0. The molecule has 1 aliphatic carbocycles. The fraction of sp³-hybridized carbons (Fsp3) is 0.909. The van der Waals surface area contributed by atoms with Crippen molar-refractivity contribution in [3.8, 4) is 0 Å². The Balaban J connectivity index is 1.96. The van der Waals surface area contributed by atoms with Gasteiger partial charge in [-0.2, -0.15) is 0 Å². The molecule has 2 aliphatic rings. The summed E-state index contributed by atoms with van der Waals surface area (Å²) in [6.07, 6.45) is 7.19. The first kappa shape index (κ1) is 9.04. The van der Waals surface area contributed by atoms with Crippen LogP contribution in [0.5, 0.6) is 0 Å². The van der Waals surface area contributed by atoms with Gasteiger partial charge in [-0.05, 0) is 38.5 Å². The van der Waals surface area contributed by atoms with Crippen LogP contribution in [0.4, 0.5) is 0 Å². The molecule has 0 aromatic carbocycles. The third-order valence-corrected chi connectivity index (χ3v) is 3.31. The van der Waals surface area contributed by atoms with E-state index in [1.165, 1.54) is 19.3 Å². The number of hydrogen-bond donors (Lipinski definition) is 0. The Kier molecular flexibility index (Phi) is 2.56. The Morgan fingerprint density at radius 1 is 1.31 bits per heavy atom. The Labute approximate surface area is 80.3 Å². The lowest BCUT2D eigenvalue weighted by atomic mass is 9.99. The molecular formula is C11H19NO. The number of piperidine rings is 1. The van der Waals surface area contributed by atoms with Gasteiger partial charge >= 0.3 is 0 Å². The number of amides is 1. The fourth-order valence-electron chi connectivity index (χ4n) is 2.28. The zero-order chi connectivity index (χ0) is 9.26. The Morgan fingerprint density at radius 2 is 2.08 bits per heavy atom. The molecule has 1 amide bonds. The second-order valence-electron chi connectivity index (χ2n) is 4.36. The van der Waals surface area contributed by atoms with E-state index in [1.54, 1.807) is 0 Å². The molecule has 0 bridgehead atoms. The van der Waals surface area contributed by atoms with Crippen molar-refractivity contribution in [2.24, 2.45) is 5.92 Å². The second-order valence-corrected chi connectivity index (χ2v) is 4.36. The first-order valence-corrected chi connectivity index (χ1v) is 5.63. The lowest BCUT2D eigenvalue weighted by Gasteiger charge is -2.35. The average Bonchev–Trinajstić information content (AvgIpc) is 3.00. The molecule has 0 radical (unpaired) electrons. The van der Waals surface area contributed by atoms with E-state index in [4.69, 9.17) is 0 Å². The summed E-state index contributed by atoms with van der Waals surface area (Å²) in [4.78, 5) is 14.0. The third kappa shape index (κ3) is 1.87. The maximum Gasteiger partial charge on any atom is 0.225 e. The van der Waals surface area contributed by atoms with Crippen LogP contribution in [-0.2, 0) is 4.79 Å². The average molecular weight is 181 g/mol. The number of carbonyl (C=O) groups excluding carboxylic acids is 1. The molecule has 1 unspecified atom stereocenters. The Morgan fingerprint density at radius 3 is 2.69 bits per heavy atom. The Bertz CT molecular complexity index is 198. The summed E-state index contributed by atoms with van der Waals surface area (Å²) in [6, 6.07) is 0.557. The molecule has 13 heavy (non-hydrogen) atoms. The first-order valence-electron chi connectivity index (χ1n) is 5.63. The summed E-state index contributed by atoms with van der Waals surface area (Å²) in [6.45, 7) is 3.22. The highest BCUT2D eigenvalue weighted by Crippen LogP contribution is 2.33. The molecule has 1 atom stereocenters. The van der Waals surface area contributed by atoms with Crippen LogP contribution in [0.25, 0.3) is 0 Å². The van der Waals surface area contributed by atoms with Gasteiger partial charge in [-0.3, -0.25) is 4.79 Å². The van der Waals surface area contributed by atoms with Crippen LogP contribution in [-0.4, -0.2) is 23.4 Å². The van der Waals surface area contributed by atoms with Crippen molar-refractivity contribution in [3.63, 3.8) is 0 Å². The molecule has 1 heterocycles. The van der Waals surface area contributed by atoms with E-state index in [0.717, 1.165) is 25.8 Å². The van der Waals surface area contributed by atoms with Gasteiger partial charge in [0.1, 0.15) is 0 Å². The molecule has 1 saturated carbocycles. The minimum atomic E-state index is 0.409. The zero-order valence-corrected chi connectivity index (χ0v) is 8.46. The second kappa shape index (κ2) is 3.69. The smallest absolute Gasteiger partial charge is 0.225 e. The van der Waals surface area contributed by atoms with Crippen LogP contribution in [0.1, 0.15) is 45.4 Å². The van der Waals surface area contributed by atoms with E-state index < -0.39 is 0 Å². The predicted octanol–water partition coefficient (Wildman–Crippen LogP) is 2.19. The monoisotopic (exact) mass is 181 g/mol. The minimum Gasteiger partial charge on any atom is -0.339 e. The van der Waals surface area contributed by atoms with Crippen LogP contribution >= 0.6 is 0 Å². The van der Waals surface area contributed by atoms with Gasteiger partial charge < -0.3 is 4.90 Å². The summed E-state index contributed by atoms with van der Waals surface area (Å²) < 4.78 is 0.